The SMILES string of the molecule is O=C(NCc1cc(C(F)(F)F)cc(C(F)(F)F)c1)C1(CC2CC2)CCN(Cc2ccc(O)c(F)c2)C1. The number of carbonyl (C=O) groups is 1. The van der Waals surface area contributed by atoms with Crippen LogP contribution in [0.25, 0.3) is 0 Å². The summed E-state index contributed by atoms with van der Waals surface area (Å²) in [4.78, 5) is 15.2. The second-order valence-electron chi connectivity index (χ2n) is 9.77. The lowest BCUT2D eigenvalue weighted by molar-refractivity contribution is -0.143. The van der Waals surface area contributed by atoms with E-state index in [0.29, 0.717) is 56.1 Å². The maximum absolute atomic E-state index is 13.7. The minimum Gasteiger partial charge on any atom is -0.505 e. The van der Waals surface area contributed by atoms with Gasteiger partial charge in [-0.1, -0.05) is 18.9 Å². The molecule has 1 aliphatic heterocycles. The molecule has 1 amide bonds. The van der Waals surface area contributed by atoms with E-state index >= 15 is 0 Å². The van der Waals surface area contributed by atoms with Gasteiger partial charge in [-0.2, -0.15) is 26.3 Å². The molecule has 2 aliphatic rings. The number of benzene rings is 2. The second-order valence-corrected chi connectivity index (χ2v) is 9.77. The molecular formula is C25H25F7N2O2. The Bertz CT molecular complexity index is 1100. The molecule has 4 rings (SSSR count). The number of nitrogens with one attached hydrogen (secondary N) is 1. The first-order valence-corrected chi connectivity index (χ1v) is 11.5. The molecule has 0 aromatic heterocycles. The van der Waals surface area contributed by atoms with Gasteiger partial charge < -0.3 is 10.4 Å². The third kappa shape index (κ3) is 6.11. The monoisotopic (exact) mass is 518 g/mol. The molecule has 196 valence electrons. The van der Waals surface area contributed by atoms with Crippen molar-refractivity contribution in [3.05, 3.63) is 64.5 Å². The van der Waals surface area contributed by atoms with Crippen LogP contribution in [0.1, 0.15) is 47.9 Å². The van der Waals surface area contributed by atoms with Crippen molar-refractivity contribution >= 4 is 5.91 Å². The first-order valence-electron chi connectivity index (χ1n) is 11.5. The maximum Gasteiger partial charge on any atom is 0.416 e. The quantitative estimate of drug-likeness (QED) is 0.451. The Morgan fingerprint density at radius 1 is 1.00 bits per heavy atom. The van der Waals surface area contributed by atoms with Crippen LogP contribution in [0.4, 0.5) is 30.7 Å². The van der Waals surface area contributed by atoms with Gasteiger partial charge in [0.2, 0.25) is 5.91 Å². The lowest BCUT2D eigenvalue weighted by Gasteiger charge is -2.29. The van der Waals surface area contributed by atoms with Crippen molar-refractivity contribution in [1.82, 2.24) is 10.2 Å². The van der Waals surface area contributed by atoms with Crippen molar-refractivity contribution in [3.8, 4) is 5.75 Å². The fourth-order valence-electron chi connectivity index (χ4n) is 4.81. The Morgan fingerprint density at radius 3 is 2.19 bits per heavy atom. The molecule has 0 radical (unpaired) electrons. The number of alkyl halides is 6. The summed E-state index contributed by atoms with van der Waals surface area (Å²) >= 11 is 0. The molecule has 2 aromatic rings. The summed E-state index contributed by atoms with van der Waals surface area (Å²) in [5.41, 5.74) is -3.38. The molecule has 0 spiro atoms. The normalized spacial score (nSPS) is 21.1. The largest absolute Gasteiger partial charge is 0.505 e. The summed E-state index contributed by atoms with van der Waals surface area (Å²) in [7, 11) is 0. The van der Waals surface area contributed by atoms with Crippen molar-refractivity contribution < 1.29 is 40.6 Å². The van der Waals surface area contributed by atoms with E-state index in [-0.39, 0.29) is 11.6 Å². The second kappa shape index (κ2) is 9.57. The molecule has 1 heterocycles. The Hall–Kier alpha value is -2.82. The van der Waals surface area contributed by atoms with Gasteiger partial charge in [0.15, 0.2) is 11.6 Å². The molecule has 4 nitrogen and oxygen atoms in total. The number of phenolic OH excluding ortho intramolecular Hbond substituents is 1. The van der Waals surface area contributed by atoms with E-state index in [9.17, 15) is 40.6 Å². The van der Waals surface area contributed by atoms with Gasteiger partial charge in [0.1, 0.15) is 0 Å². The third-order valence-electron chi connectivity index (χ3n) is 6.81. The van der Waals surface area contributed by atoms with Crippen molar-refractivity contribution in [2.75, 3.05) is 13.1 Å². The molecule has 2 fully saturated rings. The van der Waals surface area contributed by atoms with E-state index in [0.717, 1.165) is 12.8 Å². The average Bonchev–Trinajstić information content (AvgIpc) is 3.51. The van der Waals surface area contributed by atoms with Gasteiger partial charge in [0.25, 0.3) is 0 Å². The van der Waals surface area contributed by atoms with Gasteiger partial charge in [-0.15, -0.1) is 0 Å². The highest BCUT2D eigenvalue weighted by Gasteiger charge is 2.47. The lowest BCUT2D eigenvalue weighted by Crippen LogP contribution is -2.43. The first kappa shape index (κ1) is 26.2. The number of nitrogens with zero attached hydrogens (tertiary/aromatic N) is 1. The van der Waals surface area contributed by atoms with Gasteiger partial charge in [0.05, 0.1) is 16.5 Å². The van der Waals surface area contributed by atoms with E-state index in [2.05, 4.69) is 5.32 Å². The summed E-state index contributed by atoms with van der Waals surface area (Å²) < 4.78 is 92.7. The van der Waals surface area contributed by atoms with Crippen LogP contribution in [0.3, 0.4) is 0 Å². The molecule has 11 heteroatoms. The van der Waals surface area contributed by atoms with Crippen LogP contribution in [0.2, 0.25) is 0 Å². The minimum atomic E-state index is -4.97. The van der Waals surface area contributed by atoms with Gasteiger partial charge >= 0.3 is 12.4 Å². The van der Waals surface area contributed by atoms with Crippen LogP contribution >= 0.6 is 0 Å². The average molecular weight is 518 g/mol. The number of amides is 1. The molecule has 36 heavy (non-hydrogen) atoms. The maximum atomic E-state index is 13.7. The Balaban J connectivity index is 1.49. The molecule has 1 saturated heterocycles. The summed E-state index contributed by atoms with van der Waals surface area (Å²) in [5, 5.41) is 12.0. The Morgan fingerprint density at radius 2 is 1.64 bits per heavy atom. The van der Waals surface area contributed by atoms with Crippen molar-refractivity contribution in [3.63, 3.8) is 0 Å². The number of carbonyl (C=O) groups excluding carboxylic acids is 1. The standard InChI is InChI=1S/C25H25F7N2O2/c26-20-9-16(3-4-21(20)35)13-34-6-5-23(14-34,11-15-1-2-15)22(36)33-12-17-7-18(24(27,28)29)10-19(8-17)25(30,31)32/h3-4,7-10,15,35H,1-2,5-6,11-14H2,(H,33,36). The van der Waals surface area contributed by atoms with E-state index in [1.165, 1.54) is 12.1 Å². The molecule has 1 atom stereocenters. The van der Waals surface area contributed by atoms with Gasteiger partial charge in [0, 0.05) is 19.6 Å². The molecule has 1 aliphatic carbocycles. The predicted octanol–water partition coefficient (Wildman–Crippen LogP) is 5.88. The zero-order valence-electron chi connectivity index (χ0n) is 19.1. The van der Waals surface area contributed by atoms with Crippen molar-refractivity contribution in [1.29, 1.82) is 0 Å². The smallest absolute Gasteiger partial charge is 0.416 e. The molecule has 1 saturated carbocycles. The number of rotatable bonds is 7. The van der Waals surface area contributed by atoms with Crippen LogP contribution < -0.4 is 5.32 Å². The Kier molecular flexibility index (Phi) is 6.98. The topological polar surface area (TPSA) is 52.6 Å². The highest BCUT2D eigenvalue weighted by molar-refractivity contribution is 5.83. The van der Waals surface area contributed by atoms with Gasteiger partial charge in [-0.25, -0.2) is 4.39 Å². The van der Waals surface area contributed by atoms with Crippen LogP contribution in [0, 0.1) is 17.2 Å². The fraction of sp³-hybridized carbons (Fsp3) is 0.480. The number of phenols is 1. The molecular weight excluding hydrogens is 493 g/mol. The minimum absolute atomic E-state index is 0.0565. The number of halogens is 7. The van der Waals surface area contributed by atoms with Gasteiger partial charge in [-0.3, -0.25) is 9.69 Å². The summed E-state index contributed by atoms with van der Waals surface area (Å²) in [5.74, 6) is -1.30. The number of hydrogen-bond donors (Lipinski definition) is 2. The van der Waals surface area contributed by atoms with E-state index in [4.69, 9.17) is 0 Å². The van der Waals surface area contributed by atoms with Crippen LogP contribution in [0.15, 0.2) is 36.4 Å². The predicted molar refractivity (Wildman–Crippen MR) is 116 cm³/mol. The number of hydrogen-bond acceptors (Lipinski definition) is 3. The number of aromatic hydroxyl groups is 1. The summed E-state index contributed by atoms with van der Waals surface area (Å²) in [6.07, 6.45) is -6.98. The van der Waals surface area contributed by atoms with Crippen LogP contribution in [-0.2, 0) is 30.2 Å². The van der Waals surface area contributed by atoms with E-state index in [1.54, 1.807) is 6.07 Å². The zero-order valence-corrected chi connectivity index (χ0v) is 19.1. The third-order valence-corrected chi connectivity index (χ3v) is 6.81. The van der Waals surface area contributed by atoms with E-state index < -0.39 is 52.9 Å². The molecule has 2 aromatic carbocycles. The van der Waals surface area contributed by atoms with Gasteiger partial charge in [-0.05, 0) is 66.8 Å². The fourth-order valence-corrected chi connectivity index (χ4v) is 4.81. The van der Waals surface area contributed by atoms with Crippen LogP contribution in [-0.4, -0.2) is 29.0 Å². The van der Waals surface area contributed by atoms with E-state index in [1.807, 2.05) is 4.90 Å². The van der Waals surface area contributed by atoms with Crippen molar-refractivity contribution in [2.45, 2.75) is 51.1 Å². The summed E-state index contributed by atoms with van der Waals surface area (Å²) in [6.45, 7) is 0.708. The molecule has 1 unspecified atom stereocenters. The first-order chi connectivity index (χ1) is 16.7. The molecule has 2 N–H and O–H groups in total. The highest BCUT2D eigenvalue weighted by Crippen LogP contribution is 2.45. The molecule has 0 bridgehead atoms. The Labute approximate surface area is 203 Å². The summed E-state index contributed by atoms with van der Waals surface area (Å²) in [6, 6.07) is 5.32. The lowest BCUT2D eigenvalue weighted by atomic mass is 9.80. The number of likely N-dealkylation sites (tertiary alicyclic amines) is 1. The van der Waals surface area contributed by atoms with Crippen molar-refractivity contribution in [2.24, 2.45) is 11.3 Å². The zero-order chi connectivity index (χ0) is 26.3. The highest BCUT2D eigenvalue weighted by atomic mass is 19.4. The van der Waals surface area contributed by atoms with Crippen LogP contribution in [0.5, 0.6) is 5.75 Å².